The van der Waals surface area contributed by atoms with Crippen molar-refractivity contribution in [1.82, 2.24) is 4.90 Å². The fourth-order valence-electron chi connectivity index (χ4n) is 2.06. The minimum Gasteiger partial charge on any atom is -0.493 e. The van der Waals surface area contributed by atoms with Crippen molar-refractivity contribution in [2.24, 2.45) is 4.99 Å². The number of nitrogens with zero attached hydrogens (tertiary/aromatic N) is 2. The molecule has 0 N–H and O–H groups in total. The first-order valence-electron chi connectivity index (χ1n) is 7.71. The van der Waals surface area contributed by atoms with Gasteiger partial charge >= 0.3 is 0 Å². The monoisotopic (exact) mass is 312 g/mol. The molecule has 122 valence electrons. The molecule has 2 aromatic carbocycles. The van der Waals surface area contributed by atoms with Gasteiger partial charge in [0.05, 0.1) is 19.1 Å². The molecule has 0 unspecified atom stereocenters. The topological polar surface area (TPSA) is 34.1 Å². The summed E-state index contributed by atoms with van der Waals surface area (Å²) >= 11 is 0. The Labute approximate surface area is 138 Å². The van der Waals surface area contributed by atoms with Crippen LogP contribution in [0.4, 0.5) is 5.69 Å². The average Bonchev–Trinajstić information content (AvgIpc) is 2.55. The van der Waals surface area contributed by atoms with Crippen molar-refractivity contribution >= 4 is 12.0 Å². The van der Waals surface area contributed by atoms with Crippen molar-refractivity contribution in [3.05, 3.63) is 47.5 Å². The zero-order chi connectivity index (χ0) is 16.8. The molecule has 0 fully saturated rings. The third kappa shape index (κ3) is 4.25. The molecule has 0 saturated heterocycles. The van der Waals surface area contributed by atoms with Crippen LogP contribution in [0.2, 0.25) is 0 Å². The van der Waals surface area contributed by atoms with Gasteiger partial charge in [0.1, 0.15) is 5.75 Å². The Kier molecular flexibility index (Phi) is 5.63. The molecule has 2 aromatic rings. The summed E-state index contributed by atoms with van der Waals surface area (Å²) in [6.07, 6.45) is 1.82. The third-order valence-corrected chi connectivity index (χ3v) is 3.69. The summed E-state index contributed by atoms with van der Waals surface area (Å²) in [5, 5.41) is 0. The van der Waals surface area contributed by atoms with E-state index < -0.39 is 0 Å². The lowest BCUT2D eigenvalue weighted by molar-refractivity contribution is 0.378. The van der Waals surface area contributed by atoms with E-state index in [1.54, 1.807) is 7.11 Å². The molecule has 0 bridgehead atoms. The van der Waals surface area contributed by atoms with E-state index in [-0.39, 0.29) is 0 Å². The van der Waals surface area contributed by atoms with Crippen molar-refractivity contribution in [2.45, 2.75) is 20.8 Å². The lowest BCUT2D eigenvalue weighted by Gasteiger charge is -2.14. The highest BCUT2D eigenvalue weighted by molar-refractivity contribution is 5.66. The van der Waals surface area contributed by atoms with Gasteiger partial charge in [-0.05, 0) is 44.0 Å². The molecule has 4 heteroatoms. The Morgan fingerprint density at radius 2 is 1.78 bits per heavy atom. The van der Waals surface area contributed by atoms with E-state index in [0.717, 1.165) is 29.1 Å². The quantitative estimate of drug-likeness (QED) is 0.572. The fourth-order valence-corrected chi connectivity index (χ4v) is 2.06. The lowest BCUT2D eigenvalue weighted by Crippen LogP contribution is -2.14. The van der Waals surface area contributed by atoms with Crippen molar-refractivity contribution in [2.75, 3.05) is 20.7 Å². The van der Waals surface area contributed by atoms with Crippen LogP contribution in [0, 0.1) is 13.8 Å². The second kappa shape index (κ2) is 7.68. The van der Waals surface area contributed by atoms with E-state index in [4.69, 9.17) is 9.47 Å². The molecular formula is C19H24N2O2. The van der Waals surface area contributed by atoms with E-state index in [2.05, 4.69) is 11.9 Å². The maximum absolute atomic E-state index is 6.03. The zero-order valence-electron chi connectivity index (χ0n) is 14.5. The average molecular weight is 312 g/mol. The van der Waals surface area contributed by atoms with E-state index in [9.17, 15) is 0 Å². The van der Waals surface area contributed by atoms with E-state index in [1.165, 1.54) is 0 Å². The van der Waals surface area contributed by atoms with Crippen LogP contribution >= 0.6 is 0 Å². The molecule has 0 atom stereocenters. The number of hydrogen-bond acceptors (Lipinski definition) is 3. The summed E-state index contributed by atoms with van der Waals surface area (Å²) in [6, 6.07) is 11.8. The highest BCUT2D eigenvalue weighted by Gasteiger charge is 2.11. The second-order valence-corrected chi connectivity index (χ2v) is 5.47. The van der Waals surface area contributed by atoms with Gasteiger partial charge < -0.3 is 14.4 Å². The minimum atomic E-state index is 0.671. The van der Waals surface area contributed by atoms with Crippen LogP contribution in [0.15, 0.2) is 41.4 Å². The SMILES string of the molecule is CCN(C)C=Nc1cc(OC)c(Oc2ccccc2C)cc1C. The summed E-state index contributed by atoms with van der Waals surface area (Å²) in [7, 11) is 3.63. The largest absolute Gasteiger partial charge is 0.493 e. The van der Waals surface area contributed by atoms with Crippen LogP contribution in [-0.2, 0) is 0 Å². The molecule has 0 radical (unpaired) electrons. The predicted octanol–water partition coefficient (Wildman–Crippen LogP) is 4.72. The molecule has 4 nitrogen and oxygen atoms in total. The van der Waals surface area contributed by atoms with Gasteiger partial charge in [0.25, 0.3) is 0 Å². The molecule has 0 heterocycles. The van der Waals surface area contributed by atoms with E-state index >= 15 is 0 Å². The first-order valence-corrected chi connectivity index (χ1v) is 7.71. The standard InChI is InChI=1S/C19H24N2O2/c1-6-21(4)13-20-16-12-18(22-5)19(11-15(16)3)23-17-10-8-7-9-14(17)2/h7-13H,6H2,1-5H3. The number of para-hydroxylation sites is 1. The third-order valence-electron chi connectivity index (χ3n) is 3.69. The van der Waals surface area contributed by atoms with Crippen LogP contribution in [-0.4, -0.2) is 31.9 Å². The second-order valence-electron chi connectivity index (χ2n) is 5.47. The van der Waals surface area contributed by atoms with Crippen molar-refractivity contribution in [3.63, 3.8) is 0 Å². The van der Waals surface area contributed by atoms with Crippen LogP contribution < -0.4 is 9.47 Å². The van der Waals surface area contributed by atoms with Gasteiger partial charge in [-0.3, -0.25) is 0 Å². The highest BCUT2D eigenvalue weighted by atomic mass is 16.5. The predicted molar refractivity (Wildman–Crippen MR) is 95.4 cm³/mol. The Bertz CT molecular complexity index is 696. The van der Waals surface area contributed by atoms with Crippen molar-refractivity contribution in [1.29, 1.82) is 0 Å². The number of aliphatic imine (C=N–C) groups is 1. The molecule has 0 amide bonds. The van der Waals surface area contributed by atoms with Gasteiger partial charge in [-0.1, -0.05) is 18.2 Å². The van der Waals surface area contributed by atoms with Gasteiger partial charge in [0.2, 0.25) is 0 Å². The van der Waals surface area contributed by atoms with Crippen molar-refractivity contribution < 1.29 is 9.47 Å². The first kappa shape index (κ1) is 16.9. The maximum Gasteiger partial charge on any atom is 0.169 e. The smallest absolute Gasteiger partial charge is 0.169 e. The molecule has 0 aliphatic heterocycles. The number of ether oxygens (including phenoxy) is 2. The van der Waals surface area contributed by atoms with Crippen LogP contribution in [0.3, 0.4) is 0 Å². The van der Waals surface area contributed by atoms with Gasteiger partial charge in [0, 0.05) is 19.7 Å². The Morgan fingerprint density at radius 1 is 1.04 bits per heavy atom. The molecule has 0 spiro atoms. The Morgan fingerprint density at radius 3 is 2.43 bits per heavy atom. The summed E-state index contributed by atoms with van der Waals surface area (Å²) in [4.78, 5) is 6.53. The number of methoxy groups -OCH3 is 1. The minimum absolute atomic E-state index is 0.671. The van der Waals surface area contributed by atoms with Gasteiger partial charge in [0.15, 0.2) is 11.5 Å². The molecular weight excluding hydrogens is 288 g/mol. The zero-order valence-corrected chi connectivity index (χ0v) is 14.5. The summed E-state index contributed by atoms with van der Waals surface area (Å²) in [5.74, 6) is 2.19. The molecule has 2 rings (SSSR count). The maximum atomic E-state index is 6.03. The summed E-state index contributed by atoms with van der Waals surface area (Å²) in [6.45, 7) is 7.03. The van der Waals surface area contributed by atoms with Crippen LogP contribution in [0.25, 0.3) is 0 Å². The lowest BCUT2D eigenvalue weighted by atomic mass is 10.1. The fraction of sp³-hybridized carbons (Fsp3) is 0.316. The van der Waals surface area contributed by atoms with Gasteiger partial charge in [-0.2, -0.15) is 0 Å². The van der Waals surface area contributed by atoms with E-state index in [0.29, 0.717) is 11.5 Å². The highest BCUT2D eigenvalue weighted by Crippen LogP contribution is 2.37. The first-order chi connectivity index (χ1) is 11.0. The van der Waals surface area contributed by atoms with Gasteiger partial charge in [-0.15, -0.1) is 0 Å². The summed E-state index contributed by atoms with van der Waals surface area (Å²) < 4.78 is 11.5. The normalized spacial score (nSPS) is 10.8. The number of aryl methyl sites for hydroxylation is 2. The van der Waals surface area contributed by atoms with Crippen LogP contribution in [0.5, 0.6) is 17.2 Å². The number of hydrogen-bond donors (Lipinski definition) is 0. The molecule has 0 saturated carbocycles. The van der Waals surface area contributed by atoms with Crippen molar-refractivity contribution in [3.8, 4) is 17.2 Å². The molecule has 0 aliphatic carbocycles. The Hall–Kier alpha value is -2.49. The Balaban J connectivity index is 2.33. The van der Waals surface area contributed by atoms with E-state index in [1.807, 2.05) is 68.5 Å². The van der Waals surface area contributed by atoms with Crippen LogP contribution in [0.1, 0.15) is 18.1 Å². The van der Waals surface area contributed by atoms with Gasteiger partial charge in [-0.25, -0.2) is 4.99 Å². The summed E-state index contributed by atoms with van der Waals surface area (Å²) in [5.41, 5.74) is 2.99. The number of benzene rings is 2. The number of rotatable bonds is 6. The molecule has 0 aliphatic rings. The molecule has 0 aromatic heterocycles. The molecule has 23 heavy (non-hydrogen) atoms.